The van der Waals surface area contributed by atoms with Crippen molar-refractivity contribution in [2.75, 3.05) is 6.61 Å². The fraction of sp³-hybridized carbons (Fsp3) is 0.250. The van der Waals surface area contributed by atoms with Gasteiger partial charge in [-0.25, -0.2) is 0 Å². The van der Waals surface area contributed by atoms with Crippen LogP contribution in [0.25, 0.3) is 0 Å². The second-order valence-electron chi connectivity index (χ2n) is 2.44. The van der Waals surface area contributed by atoms with Crippen molar-refractivity contribution < 1.29 is 12.6 Å². The zero-order valence-electron chi connectivity index (χ0n) is 7.33. The highest BCUT2D eigenvalue weighted by atomic mass is 127. The third kappa shape index (κ3) is 3.04. The SMILES string of the molecule is CCOS(=O)(=O)c1cc(I)ccc1I. The van der Waals surface area contributed by atoms with E-state index in [1.54, 1.807) is 19.1 Å². The van der Waals surface area contributed by atoms with Crippen LogP contribution >= 0.6 is 45.2 Å². The van der Waals surface area contributed by atoms with Gasteiger partial charge in [0.15, 0.2) is 0 Å². The zero-order valence-corrected chi connectivity index (χ0v) is 12.5. The van der Waals surface area contributed by atoms with Crippen LogP contribution in [0.2, 0.25) is 0 Å². The molecule has 14 heavy (non-hydrogen) atoms. The van der Waals surface area contributed by atoms with Crippen molar-refractivity contribution in [3.05, 3.63) is 25.3 Å². The summed E-state index contributed by atoms with van der Waals surface area (Å²) in [6, 6.07) is 5.22. The molecule has 0 heterocycles. The van der Waals surface area contributed by atoms with Crippen molar-refractivity contribution >= 4 is 55.3 Å². The molecule has 0 fully saturated rings. The first-order valence-corrected chi connectivity index (χ1v) is 7.38. The van der Waals surface area contributed by atoms with Crippen LogP contribution in [0.3, 0.4) is 0 Å². The molecule has 6 heteroatoms. The van der Waals surface area contributed by atoms with Crippen molar-refractivity contribution in [1.82, 2.24) is 0 Å². The van der Waals surface area contributed by atoms with Crippen LogP contribution in [0.15, 0.2) is 23.1 Å². The van der Waals surface area contributed by atoms with Gasteiger partial charge in [-0.1, -0.05) is 0 Å². The van der Waals surface area contributed by atoms with E-state index in [4.69, 9.17) is 4.18 Å². The van der Waals surface area contributed by atoms with Gasteiger partial charge in [0.25, 0.3) is 10.1 Å². The molecule has 1 aromatic rings. The average Bonchev–Trinajstić information content (AvgIpc) is 2.09. The second-order valence-corrected chi connectivity index (χ2v) is 6.43. The van der Waals surface area contributed by atoms with Gasteiger partial charge in [0.05, 0.1) is 6.61 Å². The Morgan fingerprint density at radius 3 is 2.57 bits per heavy atom. The van der Waals surface area contributed by atoms with Crippen molar-refractivity contribution in [2.24, 2.45) is 0 Å². The number of rotatable bonds is 3. The highest BCUT2D eigenvalue weighted by molar-refractivity contribution is 14.1. The molecular formula is C8H8I2O3S. The molecule has 0 spiro atoms. The maximum absolute atomic E-state index is 11.6. The summed E-state index contributed by atoms with van der Waals surface area (Å²) in [5.41, 5.74) is 0. The molecule has 0 atom stereocenters. The topological polar surface area (TPSA) is 43.4 Å². The molecule has 1 rings (SSSR count). The quantitative estimate of drug-likeness (QED) is 0.539. The maximum Gasteiger partial charge on any atom is 0.298 e. The number of halogens is 2. The number of benzene rings is 1. The van der Waals surface area contributed by atoms with Crippen molar-refractivity contribution in [2.45, 2.75) is 11.8 Å². The van der Waals surface area contributed by atoms with Crippen molar-refractivity contribution in [3.8, 4) is 0 Å². The standard InChI is InChI=1S/C8H8I2O3S/c1-2-13-14(11,12)8-5-6(9)3-4-7(8)10/h3-5H,2H2,1H3. The third-order valence-corrected chi connectivity index (χ3v) is 4.84. The van der Waals surface area contributed by atoms with Gasteiger partial charge < -0.3 is 0 Å². The van der Waals surface area contributed by atoms with Gasteiger partial charge in [0.1, 0.15) is 4.90 Å². The Kier molecular flexibility index (Phi) is 4.59. The first kappa shape index (κ1) is 12.7. The van der Waals surface area contributed by atoms with E-state index in [9.17, 15) is 8.42 Å². The summed E-state index contributed by atoms with van der Waals surface area (Å²) in [6.45, 7) is 1.81. The Balaban J connectivity index is 3.25. The van der Waals surface area contributed by atoms with Gasteiger partial charge in [0.2, 0.25) is 0 Å². The van der Waals surface area contributed by atoms with Crippen LogP contribution in [-0.4, -0.2) is 15.0 Å². The lowest BCUT2D eigenvalue weighted by Crippen LogP contribution is -2.08. The van der Waals surface area contributed by atoms with Gasteiger partial charge >= 0.3 is 0 Å². The predicted molar refractivity (Wildman–Crippen MR) is 70.7 cm³/mol. The third-order valence-electron chi connectivity index (χ3n) is 1.44. The first-order chi connectivity index (χ1) is 6.47. The molecule has 3 nitrogen and oxygen atoms in total. The summed E-state index contributed by atoms with van der Waals surface area (Å²) in [5, 5.41) is 0. The molecule has 78 valence electrons. The Bertz CT molecular complexity index is 428. The molecule has 0 amide bonds. The molecule has 0 aliphatic heterocycles. The summed E-state index contributed by atoms with van der Waals surface area (Å²) < 4.78 is 29.4. The first-order valence-electron chi connectivity index (χ1n) is 3.82. The lowest BCUT2D eigenvalue weighted by atomic mass is 10.4. The van der Waals surface area contributed by atoms with Crippen LogP contribution in [0.4, 0.5) is 0 Å². The highest BCUT2D eigenvalue weighted by Gasteiger charge is 2.17. The van der Waals surface area contributed by atoms with Gasteiger partial charge in [-0.15, -0.1) is 0 Å². The molecule has 0 aliphatic carbocycles. The van der Waals surface area contributed by atoms with E-state index in [1.165, 1.54) is 0 Å². The Hall–Kier alpha value is 0.590. The molecule has 1 aromatic carbocycles. The van der Waals surface area contributed by atoms with Gasteiger partial charge in [-0.05, 0) is 70.3 Å². The Labute approximate surface area is 111 Å². The molecule has 0 N–H and O–H groups in total. The molecule has 0 saturated carbocycles. The lowest BCUT2D eigenvalue weighted by molar-refractivity contribution is 0.338. The normalized spacial score (nSPS) is 11.6. The molecule has 0 aromatic heterocycles. The number of hydrogen-bond acceptors (Lipinski definition) is 3. The van der Waals surface area contributed by atoms with Crippen LogP contribution in [0, 0.1) is 7.14 Å². The predicted octanol–water partition coefficient (Wildman–Crippen LogP) is 2.62. The summed E-state index contributed by atoms with van der Waals surface area (Å²) >= 11 is 4.05. The largest absolute Gasteiger partial charge is 0.298 e. The van der Waals surface area contributed by atoms with Gasteiger partial charge in [-0.3, -0.25) is 4.18 Å². The van der Waals surface area contributed by atoms with E-state index >= 15 is 0 Å². The minimum atomic E-state index is -3.58. The van der Waals surface area contributed by atoms with E-state index in [1.807, 2.05) is 28.7 Å². The summed E-state index contributed by atoms with van der Waals surface area (Å²) in [4.78, 5) is 0.242. The summed E-state index contributed by atoms with van der Waals surface area (Å²) in [6.07, 6.45) is 0. The molecule has 0 unspecified atom stereocenters. The summed E-state index contributed by atoms with van der Waals surface area (Å²) in [7, 11) is -3.58. The summed E-state index contributed by atoms with van der Waals surface area (Å²) in [5.74, 6) is 0. The highest BCUT2D eigenvalue weighted by Crippen LogP contribution is 2.22. The van der Waals surface area contributed by atoms with Crippen LogP contribution in [0.1, 0.15) is 6.92 Å². The van der Waals surface area contributed by atoms with Crippen molar-refractivity contribution in [1.29, 1.82) is 0 Å². The monoisotopic (exact) mass is 438 g/mol. The average molecular weight is 438 g/mol. The zero-order chi connectivity index (χ0) is 10.8. The minimum Gasteiger partial charge on any atom is -0.267 e. The fourth-order valence-electron chi connectivity index (χ4n) is 0.887. The van der Waals surface area contributed by atoms with E-state index in [0.717, 1.165) is 3.57 Å². The Morgan fingerprint density at radius 1 is 1.36 bits per heavy atom. The van der Waals surface area contributed by atoms with Gasteiger partial charge in [0, 0.05) is 7.14 Å². The second kappa shape index (κ2) is 5.08. The van der Waals surface area contributed by atoms with E-state index in [0.29, 0.717) is 3.57 Å². The van der Waals surface area contributed by atoms with Crippen LogP contribution < -0.4 is 0 Å². The number of hydrogen-bond donors (Lipinski definition) is 0. The molecule has 0 saturated heterocycles. The van der Waals surface area contributed by atoms with Crippen molar-refractivity contribution in [3.63, 3.8) is 0 Å². The van der Waals surface area contributed by atoms with Crippen LogP contribution in [-0.2, 0) is 14.3 Å². The van der Waals surface area contributed by atoms with E-state index < -0.39 is 10.1 Å². The van der Waals surface area contributed by atoms with Crippen LogP contribution in [0.5, 0.6) is 0 Å². The molecular weight excluding hydrogens is 430 g/mol. The lowest BCUT2D eigenvalue weighted by Gasteiger charge is -2.05. The minimum absolute atomic E-state index is 0.157. The maximum atomic E-state index is 11.6. The van der Waals surface area contributed by atoms with E-state index in [-0.39, 0.29) is 11.5 Å². The molecule has 0 radical (unpaired) electrons. The van der Waals surface area contributed by atoms with Gasteiger partial charge in [-0.2, -0.15) is 8.42 Å². The smallest absolute Gasteiger partial charge is 0.267 e. The fourth-order valence-corrected chi connectivity index (χ4v) is 3.75. The molecule has 0 aliphatic rings. The molecule has 0 bridgehead atoms. The van der Waals surface area contributed by atoms with E-state index in [2.05, 4.69) is 22.6 Å². The Morgan fingerprint density at radius 2 is 2.00 bits per heavy atom.